The van der Waals surface area contributed by atoms with Gasteiger partial charge < -0.3 is 9.30 Å². The third-order valence-corrected chi connectivity index (χ3v) is 5.47. The Bertz CT molecular complexity index is 797. The molecule has 0 spiro atoms. The van der Waals surface area contributed by atoms with E-state index in [4.69, 9.17) is 4.74 Å². The van der Waals surface area contributed by atoms with E-state index in [0.717, 1.165) is 11.3 Å². The molecule has 0 aliphatic rings. The molecule has 6 nitrogen and oxygen atoms in total. The Morgan fingerprint density at radius 2 is 2.00 bits per heavy atom. The van der Waals surface area contributed by atoms with Gasteiger partial charge in [-0.05, 0) is 50.8 Å². The number of sulfonamides is 1. The minimum absolute atomic E-state index is 0.0735. The Hall–Kier alpha value is -1.83. The predicted octanol–water partition coefficient (Wildman–Crippen LogP) is 1.92. The molecule has 1 atom stereocenters. The molecule has 0 aliphatic heterocycles. The smallest absolute Gasteiger partial charge is 0.244 e. The molecule has 0 saturated carbocycles. The van der Waals surface area contributed by atoms with Gasteiger partial charge in [0.05, 0.1) is 13.2 Å². The normalized spacial score (nSPS) is 13.2. The minimum Gasteiger partial charge on any atom is -0.495 e. The number of methoxy groups -OCH3 is 1. The number of aryl methyl sites for hydroxylation is 2. The Labute approximate surface area is 144 Å². The second-order valence-electron chi connectivity index (χ2n) is 6.03. The highest BCUT2D eigenvalue weighted by atomic mass is 32.2. The SMILES string of the molecule is COc1ccc(C)cc1S(=O)(=O)NCC(c1cccn1C)N(C)C. The molecule has 0 radical (unpaired) electrons. The van der Waals surface area contributed by atoms with Crippen LogP contribution in [0.4, 0.5) is 0 Å². The molecule has 0 fully saturated rings. The molecule has 1 heterocycles. The van der Waals surface area contributed by atoms with Crippen molar-refractivity contribution in [2.75, 3.05) is 27.7 Å². The summed E-state index contributed by atoms with van der Waals surface area (Å²) in [6.07, 6.45) is 1.95. The number of benzene rings is 1. The Balaban J connectivity index is 2.26. The van der Waals surface area contributed by atoms with E-state index in [1.807, 2.05) is 61.9 Å². The summed E-state index contributed by atoms with van der Waals surface area (Å²) in [7, 11) is 3.61. The average Bonchev–Trinajstić information content (AvgIpc) is 2.93. The second kappa shape index (κ2) is 7.38. The van der Waals surface area contributed by atoms with Gasteiger partial charge in [-0.15, -0.1) is 0 Å². The first-order valence-corrected chi connectivity index (χ1v) is 9.16. The monoisotopic (exact) mass is 351 g/mol. The van der Waals surface area contributed by atoms with Gasteiger partial charge in [-0.1, -0.05) is 6.07 Å². The number of rotatable bonds is 7. The van der Waals surface area contributed by atoms with E-state index < -0.39 is 10.0 Å². The van der Waals surface area contributed by atoms with Crippen molar-refractivity contribution in [1.29, 1.82) is 0 Å². The molecular weight excluding hydrogens is 326 g/mol. The number of nitrogens with zero attached hydrogens (tertiary/aromatic N) is 2. The van der Waals surface area contributed by atoms with Crippen molar-refractivity contribution in [3.8, 4) is 5.75 Å². The van der Waals surface area contributed by atoms with Gasteiger partial charge in [0.1, 0.15) is 10.6 Å². The zero-order chi connectivity index (χ0) is 17.9. The molecule has 0 saturated heterocycles. The van der Waals surface area contributed by atoms with Crippen LogP contribution in [0.5, 0.6) is 5.75 Å². The second-order valence-corrected chi connectivity index (χ2v) is 7.76. The lowest BCUT2D eigenvalue weighted by molar-refractivity contribution is 0.289. The summed E-state index contributed by atoms with van der Waals surface area (Å²) in [4.78, 5) is 2.15. The first-order valence-electron chi connectivity index (χ1n) is 7.68. The maximum atomic E-state index is 12.7. The van der Waals surface area contributed by atoms with Gasteiger partial charge in [0, 0.05) is 25.5 Å². The van der Waals surface area contributed by atoms with E-state index in [-0.39, 0.29) is 17.5 Å². The van der Waals surface area contributed by atoms with E-state index in [1.54, 1.807) is 12.1 Å². The van der Waals surface area contributed by atoms with Crippen LogP contribution in [-0.4, -0.2) is 45.6 Å². The number of nitrogens with one attached hydrogen (secondary N) is 1. The van der Waals surface area contributed by atoms with Crippen LogP contribution in [0, 0.1) is 6.92 Å². The van der Waals surface area contributed by atoms with Crippen LogP contribution in [0.2, 0.25) is 0 Å². The van der Waals surface area contributed by atoms with Crippen LogP contribution in [0.15, 0.2) is 41.4 Å². The van der Waals surface area contributed by atoms with E-state index in [0.29, 0.717) is 5.75 Å². The molecule has 2 aromatic rings. The molecule has 24 heavy (non-hydrogen) atoms. The lowest BCUT2D eigenvalue weighted by Gasteiger charge is -2.25. The molecule has 7 heteroatoms. The van der Waals surface area contributed by atoms with E-state index in [1.165, 1.54) is 7.11 Å². The summed E-state index contributed by atoms with van der Waals surface area (Å²) in [6, 6.07) is 8.98. The first kappa shape index (κ1) is 18.5. The fraction of sp³-hybridized carbons (Fsp3) is 0.412. The van der Waals surface area contributed by atoms with Crippen molar-refractivity contribution in [3.05, 3.63) is 47.8 Å². The third-order valence-electron chi connectivity index (χ3n) is 4.02. The van der Waals surface area contributed by atoms with Gasteiger partial charge in [-0.2, -0.15) is 0 Å². The van der Waals surface area contributed by atoms with E-state index >= 15 is 0 Å². The first-order chi connectivity index (χ1) is 11.3. The highest BCUT2D eigenvalue weighted by molar-refractivity contribution is 7.89. The van der Waals surface area contributed by atoms with Crippen LogP contribution in [-0.2, 0) is 17.1 Å². The maximum Gasteiger partial charge on any atom is 0.244 e. The van der Waals surface area contributed by atoms with Gasteiger partial charge in [-0.25, -0.2) is 13.1 Å². The largest absolute Gasteiger partial charge is 0.495 e. The van der Waals surface area contributed by atoms with Crippen molar-refractivity contribution in [3.63, 3.8) is 0 Å². The lowest BCUT2D eigenvalue weighted by atomic mass is 10.2. The quantitative estimate of drug-likeness (QED) is 0.828. The number of likely N-dealkylation sites (N-methyl/N-ethyl adjacent to an activating group) is 1. The number of ether oxygens (including phenoxy) is 1. The number of aromatic nitrogens is 1. The van der Waals surface area contributed by atoms with Crippen LogP contribution in [0.25, 0.3) is 0 Å². The summed E-state index contributed by atoms with van der Waals surface area (Å²) in [5.74, 6) is 0.341. The molecule has 1 unspecified atom stereocenters. The zero-order valence-electron chi connectivity index (χ0n) is 14.8. The Kier molecular flexibility index (Phi) is 5.69. The highest BCUT2D eigenvalue weighted by Gasteiger charge is 2.23. The van der Waals surface area contributed by atoms with Crippen molar-refractivity contribution >= 4 is 10.0 Å². The highest BCUT2D eigenvalue weighted by Crippen LogP contribution is 2.25. The molecule has 2 rings (SSSR count). The van der Waals surface area contributed by atoms with E-state index in [9.17, 15) is 8.42 Å². The maximum absolute atomic E-state index is 12.7. The summed E-state index contributed by atoms with van der Waals surface area (Å²) < 4.78 is 35.4. The van der Waals surface area contributed by atoms with Crippen molar-refractivity contribution < 1.29 is 13.2 Å². The molecule has 0 amide bonds. The standard InChI is InChI=1S/C17H25N3O3S/c1-13-8-9-16(23-5)17(11-13)24(21,22)18-12-15(19(2)3)14-7-6-10-20(14)4/h6-11,15,18H,12H2,1-5H3. The van der Waals surface area contributed by atoms with Gasteiger partial charge in [0.15, 0.2) is 0 Å². The Morgan fingerprint density at radius 1 is 1.29 bits per heavy atom. The van der Waals surface area contributed by atoms with E-state index in [2.05, 4.69) is 4.72 Å². The average molecular weight is 351 g/mol. The van der Waals surface area contributed by atoms with Gasteiger partial charge in [-0.3, -0.25) is 4.90 Å². The summed E-state index contributed by atoms with van der Waals surface area (Å²) in [6.45, 7) is 2.12. The Morgan fingerprint density at radius 3 is 2.54 bits per heavy atom. The third kappa shape index (κ3) is 3.98. The molecule has 0 aliphatic carbocycles. The summed E-state index contributed by atoms with van der Waals surface area (Å²) >= 11 is 0. The number of hydrogen-bond donors (Lipinski definition) is 1. The molecule has 1 aromatic heterocycles. The zero-order valence-corrected chi connectivity index (χ0v) is 15.6. The molecule has 132 valence electrons. The van der Waals surface area contributed by atoms with Gasteiger partial charge >= 0.3 is 0 Å². The van der Waals surface area contributed by atoms with Crippen LogP contribution in [0.3, 0.4) is 0 Å². The van der Waals surface area contributed by atoms with Crippen molar-refractivity contribution in [2.45, 2.75) is 17.9 Å². The minimum atomic E-state index is -3.67. The van der Waals surface area contributed by atoms with Crippen LogP contribution in [0.1, 0.15) is 17.3 Å². The summed E-state index contributed by atoms with van der Waals surface area (Å²) in [5.41, 5.74) is 1.90. The predicted molar refractivity (Wildman–Crippen MR) is 94.8 cm³/mol. The van der Waals surface area contributed by atoms with Crippen LogP contribution < -0.4 is 9.46 Å². The lowest BCUT2D eigenvalue weighted by Crippen LogP contribution is -2.35. The van der Waals surface area contributed by atoms with Gasteiger partial charge in [0.2, 0.25) is 10.0 Å². The van der Waals surface area contributed by atoms with Crippen LogP contribution >= 0.6 is 0 Å². The molecule has 1 aromatic carbocycles. The van der Waals surface area contributed by atoms with Crippen molar-refractivity contribution in [2.24, 2.45) is 7.05 Å². The van der Waals surface area contributed by atoms with Crippen molar-refractivity contribution in [1.82, 2.24) is 14.2 Å². The fourth-order valence-corrected chi connectivity index (χ4v) is 3.92. The number of hydrogen-bond acceptors (Lipinski definition) is 4. The fourth-order valence-electron chi connectivity index (χ4n) is 2.63. The van der Waals surface area contributed by atoms with Gasteiger partial charge in [0.25, 0.3) is 0 Å². The summed E-state index contributed by atoms with van der Waals surface area (Å²) in [5, 5.41) is 0. The molecule has 1 N–H and O–H groups in total. The molecule has 0 bridgehead atoms. The topological polar surface area (TPSA) is 63.6 Å². The molecular formula is C17H25N3O3S.